The number of furan rings is 1. The van der Waals surface area contributed by atoms with E-state index < -0.39 is 0 Å². The Morgan fingerprint density at radius 1 is 1.06 bits per heavy atom. The van der Waals surface area contributed by atoms with E-state index in [1.54, 1.807) is 18.0 Å². The molecule has 1 aromatic carbocycles. The number of nitrogens with zero attached hydrogens (tertiary/aromatic N) is 2. The summed E-state index contributed by atoms with van der Waals surface area (Å²) in [7, 11) is 0. The van der Waals surface area contributed by atoms with Crippen LogP contribution in [0.25, 0.3) is 22.5 Å². The maximum Gasteiger partial charge on any atom is 0.197 e. The highest BCUT2D eigenvalue weighted by Gasteiger charge is 2.09. The van der Waals surface area contributed by atoms with E-state index in [-0.39, 0.29) is 0 Å². The summed E-state index contributed by atoms with van der Waals surface area (Å²) < 4.78 is 5.33. The zero-order valence-electron chi connectivity index (χ0n) is 9.25. The topological polar surface area (TPSA) is 38.9 Å². The van der Waals surface area contributed by atoms with Crippen molar-refractivity contribution in [3.63, 3.8) is 0 Å². The standard InChI is InChI=1S/C13H10N2OS/c1-17-13-9-5-2-3-6-10(9)14-12(15-13)11-7-4-8-16-11/h2-8H,1H3. The molecule has 0 saturated carbocycles. The molecule has 0 saturated heterocycles. The van der Waals surface area contributed by atoms with E-state index in [0.29, 0.717) is 11.6 Å². The monoisotopic (exact) mass is 242 g/mol. The smallest absolute Gasteiger partial charge is 0.197 e. The summed E-state index contributed by atoms with van der Waals surface area (Å²) in [5.74, 6) is 1.34. The first-order valence-electron chi connectivity index (χ1n) is 5.23. The van der Waals surface area contributed by atoms with Crippen molar-refractivity contribution in [2.24, 2.45) is 0 Å². The molecule has 2 aromatic heterocycles. The molecular weight excluding hydrogens is 232 g/mol. The molecule has 3 rings (SSSR count). The van der Waals surface area contributed by atoms with Crippen molar-refractivity contribution in [1.82, 2.24) is 9.97 Å². The van der Waals surface area contributed by atoms with Gasteiger partial charge in [-0.3, -0.25) is 0 Å². The van der Waals surface area contributed by atoms with Gasteiger partial charge >= 0.3 is 0 Å². The van der Waals surface area contributed by atoms with Gasteiger partial charge in [0.25, 0.3) is 0 Å². The quantitative estimate of drug-likeness (QED) is 0.508. The zero-order valence-corrected chi connectivity index (χ0v) is 10.1. The molecule has 0 aliphatic rings. The fourth-order valence-corrected chi connectivity index (χ4v) is 2.29. The molecule has 0 amide bonds. The molecule has 17 heavy (non-hydrogen) atoms. The number of rotatable bonds is 2. The van der Waals surface area contributed by atoms with Crippen LogP contribution in [0.15, 0.2) is 52.1 Å². The molecule has 3 nitrogen and oxygen atoms in total. The van der Waals surface area contributed by atoms with Gasteiger partial charge in [0.2, 0.25) is 0 Å². The summed E-state index contributed by atoms with van der Waals surface area (Å²) in [6, 6.07) is 11.7. The van der Waals surface area contributed by atoms with E-state index in [9.17, 15) is 0 Å². The Kier molecular flexibility index (Phi) is 2.57. The second kappa shape index (κ2) is 4.22. The molecule has 2 heterocycles. The summed E-state index contributed by atoms with van der Waals surface area (Å²) in [6.45, 7) is 0. The maximum absolute atomic E-state index is 5.33. The Labute approximate surface area is 103 Å². The van der Waals surface area contributed by atoms with Crippen LogP contribution in [0.1, 0.15) is 0 Å². The highest BCUT2D eigenvalue weighted by Crippen LogP contribution is 2.26. The molecule has 0 radical (unpaired) electrons. The van der Waals surface area contributed by atoms with E-state index in [1.165, 1.54) is 0 Å². The maximum atomic E-state index is 5.33. The summed E-state index contributed by atoms with van der Waals surface area (Å²) in [5, 5.41) is 2.05. The van der Waals surface area contributed by atoms with Gasteiger partial charge in [-0.25, -0.2) is 9.97 Å². The third-order valence-corrected chi connectivity index (χ3v) is 3.20. The number of benzene rings is 1. The molecular formula is C13H10N2OS. The van der Waals surface area contributed by atoms with Gasteiger partial charge in [0.15, 0.2) is 11.6 Å². The molecule has 0 atom stereocenters. The molecule has 0 fully saturated rings. The Morgan fingerprint density at radius 2 is 1.94 bits per heavy atom. The lowest BCUT2D eigenvalue weighted by atomic mass is 10.2. The minimum absolute atomic E-state index is 0.637. The fourth-order valence-electron chi connectivity index (χ4n) is 1.72. The van der Waals surface area contributed by atoms with Gasteiger partial charge in [-0.1, -0.05) is 18.2 Å². The average molecular weight is 242 g/mol. The number of thioether (sulfide) groups is 1. The van der Waals surface area contributed by atoms with Crippen molar-refractivity contribution in [2.45, 2.75) is 5.03 Å². The van der Waals surface area contributed by atoms with E-state index in [4.69, 9.17) is 4.42 Å². The normalized spacial score (nSPS) is 10.9. The number of hydrogen-bond donors (Lipinski definition) is 0. The lowest BCUT2D eigenvalue weighted by Crippen LogP contribution is -1.92. The summed E-state index contributed by atoms with van der Waals surface area (Å²) in [4.78, 5) is 9.03. The van der Waals surface area contributed by atoms with Gasteiger partial charge in [0, 0.05) is 5.39 Å². The molecule has 0 spiro atoms. The molecule has 0 aliphatic carbocycles. The Hall–Kier alpha value is -1.81. The number of hydrogen-bond acceptors (Lipinski definition) is 4. The lowest BCUT2D eigenvalue weighted by molar-refractivity contribution is 0.577. The van der Waals surface area contributed by atoms with E-state index in [0.717, 1.165) is 15.9 Å². The summed E-state index contributed by atoms with van der Waals surface area (Å²) in [5.41, 5.74) is 0.943. The van der Waals surface area contributed by atoms with Gasteiger partial charge in [-0.15, -0.1) is 11.8 Å². The van der Waals surface area contributed by atoms with E-state index in [2.05, 4.69) is 9.97 Å². The predicted molar refractivity (Wildman–Crippen MR) is 69.0 cm³/mol. The van der Waals surface area contributed by atoms with Crippen molar-refractivity contribution in [2.75, 3.05) is 6.26 Å². The van der Waals surface area contributed by atoms with Crippen molar-refractivity contribution in [3.05, 3.63) is 42.7 Å². The molecule has 0 N–H and O–H groups in total. The first kappa shape index (κ1) is 10.4. The second-order valence-electron chi connectivity index (χ2n) is 3.55. The molecule has 84 valence electrons. The van der Waals surface area contributed by atoms with Gasteiger partial charge in [0.1, 0.15) is 5.03 Å². The largest absolute Gasteiger partial charge is 0.461 e. The van der Waals surface area contributed by atoms with Gasteiger partial charge < -0.3 is 4.42 Å². The molecule has 4 heteroatoms. The van der Waals surface area contributed by atoms with Crippen LogP contribution in [0, 0.1) is 0 Å². The third-order valence-electron chi connectivity index (χ3n) is 2.50. The Balaban J connectivity index is 2.28. The molecule has 0 bridgehead atoms. The SMILES string of the molecule is CSc1nc(-c2ccco2)nc2ccccc12. The van der Waals surface area contributed by atoms with Crippen LogP contribution in [0.2, 0.25) is 0 Å². The van der Waals surface area contributed by atoms with E-state index in [1.807, 2.05) is 42.7 Å². The summed E-state index contributed by atoms with van der Waals surface area (Å²) in [6.07, 6.45) is 3.65. The van der Waals surface area contributed by atoms with Crippen LogP contribution in [-0.4, -0.2) is 16.2 Å². The second-order valence-corrected chi connectivity index (χ2v) is 4.35. The fraction of sp³-hybridized carbons (Fsp3) is 0.0769. The van der Waals surface area contributed by atoms with Crippen LogP contribution < -0.4 is 0 Å². The molecule has 0 unspecified atom stereocenters. The van der Waals surface area contributed by atoms with Gasteiger partial charge in [-0.2, -0.15) is 0 Å². The first-order chi connectivity index (χ1) is 8.38. The Bertz CT molecular complexity index is 650. The van der Waals surface area contributed by atoms with Crippen molar-refractivity contribution < 1.29 is 4.42 Å². The van der Waals surface area contributed by atoms with Crippen LogP contribution in [-0.2, 0) is 0 Å². The van der Waals surface area contributed by atoms with Gasteiger partial charge in [0.05, 0.1) is 11.8 Å². The van der Waals surface area contributed by atoms with Gasteiger partial charge in [-0.05, 0) is 24.5 Å². The lowest BCUT2D eigenvalue weighted by Gasteiger charge is -2.04. The van der Waals surface area contributed by atoms with Crippen LogP contribution in [0.3, 0.4) is 0 Å². The number of para-hydroxylation sites is 1. The molecule has 0 aliphatic heterocycles. The average Bonchev–Trinajstić information content (AvgIpc) is 2.91. The number of aromatic nitrogens is 2. The minimum atomic E-state index is 0.637. The zero-order chi connectivity index (χ0) is 11.7. The van der Waals surface area contributed by atoms with Crippen LogP contribution in [0.5, 0.6) is 0 Å². The third kappa shape index (κ3) is 1.80. The van der Waals surface area contributed by atoms with E-state index >= 15 is 0 Å². The van der Waals surface area contributed by atoms with Crippen molar-refractivity contribution in [1.29, 1.82) is 0 Å². The number of fused-ring (bicyclic) bond motifs is 1. The molecule has 3 aromatic rings. The highest BCUT2D eigenvalue weighted by atomic mass is 32.2. The van der Waals surface area contributed by atoms with Crippen LogP contribution in [0.4, 0.5) is 0 Å². The highest BCUT2D eigenvalue weighted by molar-refractivity contribution is 7.98. The predicted octanol–water partition coefficient (Wildman–Crippen LogP) is 3.61. The van der Waals surface area contributed by atoms with Crippen molar-refractivity contribution in [3.8, 4) is 11.6 Å². The summed E-state index contributed by atoms with van der Waals surface area (Å²) >= 11 is 1.62. The van der Waals surface area contributed by atoms with Crippen molar-refractivity contribution >= 4 is 22.7 Å². The van der Waals surface area contributed by atoms with Crippen LogP contribution >= 0.6 is 11.8 Å². The minimum Gasteiger partial charge on any atom is -0.461 e. The Morgan fingerprint density at radius 3 is 2.71 bits per heavy atom. The first-order valence-corrected chi connectivity index (χ1v) is 6.45.